The molecule has 0 saturated heterocycles. The molecule has 0 fully saturated rings. The quantitative estimate of drug-likeness (QED) is 0.814. The molecule has 0 unspecified atom stereocenters. The molecule has 5 nitrogen and oxygen atoms in total. The minimum absolute atomic E-state index is 0.0181. The predicted octanol–water partition coefficient (Wildman–Crippen LogP) is 4.27. The second-order valence-corrected chi connectivity index (χ2v) is 8.26. The number of carbonyl (C=O) groups excluding carboxylic acids is 1. The van der Waals surface area contributed by atoms with Gasteiger partial charge in [0.25, 0.3) is 15.9 Å². The summed E-state index contributed by atoms with van der Waals surface area (Å²) >= 11 is 11.8. The first kappa shape index (κ1) is 19.6. The van der Waals surface area contributed by atoms with Gasteiger partial charge in [0.15, 0.2) is 0 Å². The van der Waals surface area contributed by atoms with Crippen LogP contribution in [0.25, 0.3) is 0 Å². The SMILES string of the molecule is CC(C)N(C)C(=O)c1ccc(Cl)c(S(=O)(=O)Nc2ccc(Cl)cc2)c1. The number of amides is 1. The lowest BCUT2D eigenvalue weighted by Crippen LogP contribution is -2.33. The van der Waals surface area contributed by atoms with Crippen molar-refractivity contribution in [2.45, 2.75) is 24.8 Å². The fraction of sp³-hybridized carbons (Fsp3) is 0.235. The van der Waals surface area contributed by atoms with Gasteiger partial charge in [0, 0.05) is 29.4 Å². The lowest BCUT2D eigenvalue weighted by molar-refractivity contribution is 0.0754. The van der Waals surface area contributed by atoms with E-state index in [2.05, 4.69) is 4.72 Å². The van der Waals surface area contributed by atoms with Gasteiger partial charge in [0.2, 0.25) is 0 Å². The number of nitrogens with one attached hydrogen (secondary N) is 1. The monoisotopic (exact) mass is 400 g/mol. The van der Waals surface area contributed by atoms with E-state index in [4.69, 9.17) is 23.2 Å². The van der Waals surface area contributed by atoms with Crippen LogP contribution in [0.2, 0.25) is 10.0 Å². The Hall–Kier alpha value is -1.76. The molecule has 0 aromatic heterocycles. The molecule has 0 aliphatic carbocycles. The van der Waals surface area contributed by atoms with E-state index in [9.17, 15) is 13.2 Å². The Balaban J connectivity index is 2.38. The maximum absolute atomic E-state index is 12.6. The molecule has 1 amide bonds. The standard InChI is InChI=1S/C17H18Cl2N2O3S/c1-11(2)21(3)17(22)12-4-9-15(19)16(10-12)25(23,24)20-14-7-5-13(18)6-8-14/h4-11,20H,1-3H3. The third-order valence-electron chi connectivity index (χ3n) is 3.66. The molecule has 0 atom stereocenters. The Morgan fingerprint density at radius 3 is 2.24 bits per heavy atom. The molecule has 1 N–H and O–H groups in total. The number of anilines is 1. The summed E-state index contributed by atoms with van der Waals surface area (Å²) in [5, 5.41) is 0.524. The van der Waals surface area contributed by atoms with Crippen molar-refractivity contribution in [3.05, 3.63) is 58.1 Å². The van der Waals surface area contributed by atoms with Crippen molar-refractivity contribution in [1.29, 1.82) is 0 Å². The molecule has 2 rings (SSSR count). The summed E-state index contributed by atoms with van der Waals surface area (Å²) in [6.45, 7) is 3.74. The first-order chi connectivity index (χ1) is 11.6. The van der Waals surface area contributed by atoms with E-state index in [1.807, 2.05) is 13.8 Å². The van der Waals surface area contributed by atoms with E-state index in [1.54, 1.807) is 19.2 Å². The third-order valence-corrected chi connectivity index (χ3v) is 5.77. The van der Waals surface area contributed by atoms with Crippen LogP contribution >= 0.6 is 23.2 Å². The normalized spacial score (nSPS) is 11.4. The molecule has 0 aliphatic heterocycles. The Morgan fingerprint density at radius 1 is 1.08 bits per heavy atom. The topological polar surface area (TPSA) is 66.5 Å². The van der Waals surface area contributed by atoms with Crippen LogP contribution in [-0.4, -0.2) is 32.3 Å². The molecule has 25 heavy (non-hydrogen) atoms. The summed E-state index contributed by atoms with van der Waals surface area (Å²) in [5.74, 6) is -0.283. The lowest BCUT2D eigenvalue weighted by atomic mass is 10.2. The van der Waals surface area contributed by atoms with Gasteiger partial charge in [-0.3, -0.25) is 9.52 Å². The summed E-state index contributed by atoms with van der Waals surface area (Å²) in [6, 6.07) is 10.4. The number of nitrogens with zero attached hydrogens (tertiary/aromatic N) is 1. The van der Waals surface area contributed by atoms with E-state index in [-0.39, 0.29) is 27.4 Å². The van der Waals surface area contributed by atoms with Crippen molar-refractivity contribution in [2.75, 3.05) is 11.8 Å². The molecule has 2 aromatic carbocycles. The van der Waals surface area contributed by atoms with Crippen LogP contribution in [0.1, 0.15) is 24.2 Å². The second-order valence-electron chi connectivity index (χ2n) is 5.77. The highest BCUT2D eigenvalue weighted by Crippen LogP contribution is 2.26. The number of hydrogen-bond acceptors (Lipinski definition) is 3. The molecule has 8 heteroatoms. The highest BCUT2D eigenvalue weighted by molar-refractivity contribution is 7.92. The number of hydrogen-bond donors (Lipinski definition) is 1. The fourth-order valence-corrected chi connectivity index (χ4v) is 3.72. The van der Waals surface area contributed by atoms with Crippen molar-refractivity contribution >= 4 is 44.8 Å². The summed E-state index contributed by atoms with van der Waals surface area (Å²) < 4.78 is 27.7. The first-order valence-corrected chi connectivity index (χ1v) is 9.71. The minimum atomic E-state index is -3.95. The van der Waals surface area contributed by atoms with Crippen molar-refractivity contribution in [3.63, 3.8) is 0 Å². The average Bonchev–Trinajstić information content (AvgIpc) is 2.55. The highest BCUT2D eigenvalue weighted by Gasteiger charge is 2.22. The fourth-order valence-electron chi connectivity index (χ4n) is 2.01. The van der Waals surface area contributed by atoms with E-state index in [0.717, 1.165) is 0 Å². The van der Waals surface area contributed by atoms with Gasteiger partial charge in [-0.15, -0.1) is 0 Å². The number of benzene rings is 2. The predicted molar refractivity (Wildman–Crippen MR) is 101 cm³/mol. The molecule has 0 radical (unpaired) electrons. The van der Waals surface area contributed by atoms with Gasteiger partial charge >= 0.3 is 0 Å². The van der Waals surface area contributed by atoms with E-state index in [1.165, 1.54) is 35.2 Å². The van der Waals surface area contributed by atoms with Crippen LogP contribution in [0.5, 0.6) is 0 Å². The van der Waals surface area contributed by atoms with Gasteiger partial charge in [-0.05, 0) is 56.3 Å². The summed E-state index contributed by atoms with van der Waals surface area (Å²) in [7, 11) is -2.30. The van der Waals surface area contributed by atoms with Crippen LogP contribution in [0.15, 0.2) is 47.4 Å². The van der Waals surface area contributed by atoms with E-state index in [0.29, 0.717) is 10.7 Å². The van der Waals surface area contributed by atoms with Crippen molar-refractivity contribution in [2.24, 2.45) is 0 Å². The van der Waals surface area contributed by atoms with Crippen LogP contribution in [0, 0.1) is 0 Å². The van der Waals surface area contributed by atoms with Gasteiger partial charge in [-0.2, -0.15) is 0 Å². The Morgan fingerprint density at radius 2 is 1.68 bits per heavy atom. The number of carbonyl (C=O) groups is 1. The summed E-state index contributed by atoms with van der Waals surface area (Å²) in [5.41, 5.74) is 0.591. The van der Waals surface area contributed by atoms with Crippen molar-refractivity contribution in [3.8, 4) is 0 Å². The van der Waals surface area contributed by atoms with Gasteiger partial charge in [-0.25, -0.2) is 8.42 Å². The summed E-state index contributed by atoms with van der Waals surface area (Å²) in [6.07, 6.45) is 0. The van der Waals surface area contributed by atoms with Crippen molar-refractivity contribution in [1.82, 2.24) is 4.90 Å². The maximum Gasteiger partial charge on any atom is 0.263 e. The Bertz CT molecular complexity index is 881. The number of rotatable bonds is 5. The van der Waals surface area contributed by atoms with E-state index >= 15 is 0 Å². The first-order valence-electron chi connectivity index (χ1n) is 7.47. The molecular formula is C17H18Cl2N2O3S. The zero-order chi connectivity index (χ0) is 18.8. The zero-order valence-electron chi connectivity index (χ0n) is 14.0. The molecule has 0 heterocycles. The van der Waals surface area contributed by atoms with E-state index < -0.39 is 10.0 Å². The molecule has 134 valence electrons. The summed E-state index contributed by atoms with van der Waals surface area (Å²) in [4.78, 5) is 13.8. The highest BCUT2D eigenvalue weighted by atomic mass is 35.5. The van der Waals surface area contributed by atoms with Gasteiger partial charge in [-0.1, -0.05) is 23.2 Å². The van der Waals surface area contributed by atoms with Crippen LogP contribution < -0.4 is 4.72 Å². The van der Waals surface area contributed by atoms with Crippen LogP contribution in [0.3, 0.4) is 0 Å². The second kappa shape index (κ2) is 7.64. The maximum atomic E-state index is 12.6. The van der Waals surface area contributed by atoms with Crippen molar-refractivity contribution < 1.29 is 13.2 Å². The molecule has 0 aliphatic rings. The molecular weight excluding hydrogens is 383 g/mol. The third kappa shape index (κ3) is 4.66. The Kier molecular flexibility index (Phi) is 5.98. The lowest BCUT2D eigenvalue weighted by Gasteiger charge is -2.22. The molecule has 0 saturated carbocycles. The van der Waals surface area contributed by atoms with Gasteiger partial charge in [0.1, 0.15) is 4.90 Å². The van der Waals surface area contributed by atoms with Crippen LogP contribution in [-0.2, 0) is 10.0 Å². The van der Waals surface area contributed by atoms with Crippen LogP contribution in [0.4, 0.5) is 5.69 Å². The smallest absolute Gasteiger partial charge is 0.263 e. The number of sulfonamides is 1. The zero-order valence-corrected chi connectivity index (χ0v) is 16.3. The van der Waals surface area contributed by atoms with Gasteiger partial charge in [0.05, 0.1) is 5.02 Å². The Labute approximate surface area is 157 Å². The molecule has 0 spiro atoms. The average molecular weight is 401 g/mol. The number of halogens is 2. The van der Waals surface area contributed by atoms with Gasteiger partial charge < -0.3 is 4.90 Å². The minimum Gasteiger partial charge on any atom is -0.339 e. The molecule has 2 aromatic rings. The largest absolute Gasteiger partial charge is 0.339 e. The molecule has 0 bridgehead atoms.